The second-order valence-electron chi connectivity index (χ2n) is 6.76. The lowest BCUT2D eigenvalue weighted by Gasteiger charge is -2.26. The van der Waals surface area contributed by atoms with Gasteiger partial charge in [-0.25, -0.2) is 12.8 Å². The van der Waals surface area contributed by atoms with Crippen molar-refractivity contribution in [1.82, 2.24) is 0 Å². The van der Waals surface area contributed by atoms with Gasteiger partial charge in [-0.05, 0) is 67.9 Å². The summed E-state index contributed by atoms with van der Waals surface area (Å²) in [6.07, 6.45) is 0. The Morgan fingerprint density at radius 3 is 2.27 bits per heavy atom. The number of sulfonamides is 1. The van der Waals surface area contributed by atoms with Gasteiger partial charge >= 0.3 is 0 Å². The predicted octanol–water partition coefficient (Wildman–Crippen LogP) is 4.93. The fourth-order valence-corrected chi connectivity index (χ4v) is 4.52. The van der Waals surface area contributed by atoms with Crippen molar-refractivity contribution in [1.29, 1.82) is 0 Å². The average Bonchev–Trinajstić information content (AvgIpc) is 2.70. The van der Waals surface area contributed by atoms with Gasteiger partial charge in [-0.1, -0.05) is 35.4 Å². The van der Waals surface area contributed by atoms with Crippen LogP contribution in [0.1, 0.15) is 11.1 Å². The standard InChI is InChI=1S/C22H20ClFN2O3S/c1-15-6-12-19(13-7-15)30(28,29)26(21-5-3-4-20(23)16(21)2)14-22(27)25-18-10-8-17(24)9-11-18/h3-13H,14H2,1-2H3,(H,25,27). The maximum absolute atomic E-state index is 13.4. The van der Waals surface area contributed by atoms with Crippen molar-refractivity contribution in [2.24, 2.45) is 0 Å². The first-order valence-electron chi connectivity index (χ1n) is 9.08. The SMILES string of the molecule is Cc1ccc(S(=O)(=O)N(CC(=O)Nc2ccc(F)cc2)c2cccc(Cl)c2C)cc1. The molecule has 0 saturated heterocycles. The highest BCUT2D eigenvalue weighted by Crippen LogP contribution is 2.31. The number of carbonyl (C=O) groups is 1. The number of hydrogen-bond acceptors (Lipinski definition) is 3. The molecule has 0 saturated carbocycles. The third-order valence-corrected chi connectivity index (χ3v) is 6.72. The molecule has 30 heavy (non-hydrogen) atoms. The normalized spacial score (nSPS) is 11.2. The zero-order valence-corrected chi connectivity index (χ0v) is 18.0. The highest BCUT2D eigenvalue weighted by Gasteiger charge is 2.28. The predicted molar refractivity (Wildman–Crippen MR) is 117 cm³/mol. The van der Waals surface area contributed by atoms with E-state index in [4.69, 9.17) is 11.6 Å². The first-order valence-corrected chi connectivity index (χ1v) is 10.9. The smallest absolute Gasteiger partial charge is 0.264 e. The van der Waals surface area contributed by atoms with E-state index < -0.39 is 28.3 Å². The molecule has 8 heteroatoms. The number of halogens is 2. The van der Waals surface area contributed by atoms with E-state index in [1.165, 1.54) is 36.4 Å². The Hall–Kier alpha value is -2.90. The van der Waals surface area contributed by atoms with Crippen LogP contribution in [0.2, 0.25) is 5.02 Å². The Morgan fingerprint density at radius 1 is 1.00 bits per heavy atom. The van der Waals surface area contributed by atoms with Crippen molar-refractivity contribution in [2.45, 2.75) is 18.7 Å². The molecule has 0 radical (unpaired) electrons. The molecule has 0 atom stereocenters. The van der Waals surface area contributed by atoms with E-state index in [0.717, 1.165) is 9.87 Å². The molecule has 0 aliphatic rings. The molecule has 0 fully saturated rings. The number of nitrogens with zero attached hydrogens (tertiary/aromatic N) is 1. The summed E-state index contributed by atoms with van der Waals surface area (Å²) in [5.74, 6) is -1.01. The minimum absolute atomic E-state index is 0.0575. The number of carbonyl (C=O) groups excluding carboxylic acids is 1. The van der Waals surface area contributed by atoms with Gasteiger partial charge in [0.25, 0.3) is 10.0 Å². The van der Waals surface area contributed by atoms with Crippen molar-refractivity contribution < 1.29 is 17.6 Å². The summed E-state index contributed by atoms with van der Waals surface area (Å²) in [6, 6.07) is 16.4. The van der Waals surface area contributed by atoms with Gasteiger partial charge in [-0.15, -0.1) is 0 Å². The maximum atomic E-state index is 13.4. The van der Waals surface area contributed by atoms with Gasteiger partial charge in [0.2, 0.25) is 5.91 Å². The van der Waals surface area contributed by atoms with Crippen LogP contribution in [-0.4, -0.2) is 20.9 Å². The van der Waals surface area contributed by atoms with Crippen molar-refractivity contribution in [3.05, 3.63) is 88.7 Å². The van der Waals surface area contributed by atoms with Crippen molar-refractivity contribution in [2.75, 3.05) is 16.2 Å². The summed E-state index contributed by atoms with van der Waals surface area (Å²) < 4.78 is 40.9. The van der Waals surface area contributed by atoms with Crippen molar-refractivity contribution >= 4 is 38.9 Å². The van der Waals surface area contributed by atoms with Crippen LogP contribution in [-0.2, 0) is 14.8 Å². The number of nitrogens with one attached hydrogen (secondary N) is 1. The van der Waals surface area contributed by atoms with Crippen LogP contribution in [0.15, 0.2) is 71.6 Å². The van der Waals surface area contributed by atoms with E-state index in [9.17, 15) is 17.6 Å². The summed E-state index contributed by atoms with van der Waals surface area (Å²) in [5.41, 5.74) is 2.10. The molecule has 0 bridgehead atoms. The average molecular weight is 447 g/mol. The highest BCUT2D eigenvalue weighted by atomic mass is 35.5. The minimum atomic E-state index is -4.05. The van der Waals surface area contributed by atoms with E-state index in [2.05, 4.69) is 5.32 Å². The molecule has 0 aromatic heterocycles. The van der Waals surface area contributed by atoms with Crippen LogP contribution in [0.4, 0.5) is 15.8 Å². The third kappa shape index (κ3) is 4.80. The van der Waals surface area contributed by atoms with Gasteiger partial charge in [0.15, 0.2) is 0 Å². The van der Waals surface area contributed by atoms with Crippen LogP contribution >= 0.6 is 11.6 Å². The largest absolute Gasteiger partial charge is 0.325 e. The highest BCUT2D eigenvalue weighted by molar-refractivity contribution is 7.92. The van der Waals surface area contributed by atoms with Crippen LogP contribution in [0, 0.1) is 19.7 Å². The molecule has 3 rings (SSSR count). The first kappa shape index (κ1) is 21.8. The first-order chi connectivity index (χ1) is 14.2. The van der Waals surface area contributed by atoms with Gasteiger partial charge in [0.1, 0.15) is 12.4 Å². The second-order valence-corrected chi connectivity index (χ2v) is 9.03. The van der Waals surface area contributed by atoms with Crippen molar-refractivity contribution in [3.63, 3.8) is 0 Å². The molecule has 0 unspecified atom stereocenters. The summed E-state index contributed by atoms with van der Waals surface area (Å²) in [7, 11) is -4.05. The number of anilines is 2. The van der Waals surface area contributed by atoms with E-state index in [1.807, 2.05) is 6.92 Å². The summed E-state index contributed by atoms with van der Waals surface area (Å²) in [5, 5.41) is 2.98. The summed E-state index contributed by atoms with van der Waals surface area (Å²) in [4.78, 5) is 12.7. The Kier molecular flexibility index (Phi) is 6.43. The lowest BCUT2D eigenvalue weighted by atomic mass is 10.2. The quantitative estimate of drug-likeness (QED) is 0.583. The molecule has 3 aromatic carbocycles. The molecule has 156 valence electrons. The Balaban J connectivity index is 1.99. The zero-order valence-electron chi connectivity index (χ0n) is 16.4. The molecule has 1 amide bonds. The number of hydrogen-bond donors (Lipinski definition) is 1. The number of amides is 1. The van der Waals surface area contributed by atoms with Crippen LogP contribution in [0.25, 0.3) is 0 Å². The van der Waals surface area contributed by atoms with E-state index in [-0.39, 0.29) is 4.90 Å². The third-order valence-electron chi connectivity index (χ3n) is 4.53. The summed E-state index contributed by atoms with van der Waals surface area (Å²) >= 11 is 6.20. The van der Waals surface area contributed by atoms with Gasteiger partial charge in [-0.2, -0.15) is 0 Å². The zero-order chi connectivity index (χ0) is 21.9. The van der Waals surface area contributed by atoms with Gasteiger partial charge in [0.05, 0.1) is 10.6 Å². The Labute approximate surface area is 180 Å². The molecular formula is C22H20ClFN2O3S. The lowest BCUT2D eigenvalue weighted by Crippen LogP contribution is -2.38. The van der Waals surface area contributed by atoms with E-state index in [1.54, 1.807) is 37.3 Å². The fraction of sp³-hybridized carbons (Fsp3) is 0.136. The Morgan fingerprint density at radius 2 is 1.63 bits per heavy atom. The topological polar surface area (TPSA) is 66.5 Å². The van der Waals surface area contributed by atoms with E-state index >= 15 is 0 Å². The molecular weight excluding hydrogens is 427 g/mol. The molecule has 5 nitrogen and oxygen atoms in total. The van der Waals surface area contributed by atoms with E-state index in [0.29, 0.717) is 22.0 Å². The van der Waals surface area contributed by atoms with Gasteiger partial charge in [-0.3, -0.25) is 9.10 Å². The minimum Gasteiger partial charge on any atom is -0.325 e. The number of aryl methyl sites for hydroxylation is 1. The number of rotatable bonds is 6. The van der Waals surface area contributed by atoms with Gasteiger partial charge < -0.3 is 5.32 Å². The van der Waals surface area contributed by atoms with Crippen LogP contribution in [0.3, 0.4) is 0 Å². The second kappa shape index (κ2) is 8.85. The molecule has 1 N–H and O–H groups in total. The molecule has 0 aliphatic carbocycles. The fourth-order valence-electron chi connectivity index (χ4n) is 2.87. The monoisotopic (exact) mass is 446 g/mol. The number of benzene rings is 3. The van der Waals surface area contributed by atoms with Crippen LogP contribution in [0.5, 0.6) is 0 Å². The summed E-state index contributed by atoms with van der Waals surface area (Å²) in [6.45, 7) is 3.06. The lowest BCUT2D eigenvalue weighted by molar-refractivity contribution is -0.114. The maximum Gasteiger partial charge on any atom is 0.264 e. The molecule has 0 heterocycles. The molecule has 0 spiro atoms. The van der Waals surface area contributed by atoms with Crippen LogP contribution < -0.4 is 9.62 Å². The molecule has 3 aromatic rings. The molecule has 0 aliphatic heterocycles. The van der Waals surface area contributed by atoms with Gasteiger partial charge in [0, 0.05) is 10.7 Å². The Bertz CT molecular complexity index is 1160. The van der Waals surface area contributed by atoms with Crippen molar-refractivity contribution in [3.8, 4) is 0 Å².